The number of nitrogens with zero attached hydrogens (tertiary/aromatic N) is 2. The van der Waals surface area contributed by atoms with Crippen molar-refractivity contribution in [3.8, 4) is 0 Å². The predicted molar refractivity (Wildman–Crippen MR) is 70.3 cm³/mol. The average molecular weight is 248 g/mol. The van der Waals surface area contributed by atoms with Crippen molar-refractivity contribution in [1.29, 1.82) is 0 Å². The van der Waals surface area contributed by atoms with Gasteiger partial charge in [-0.05, 0) is 19.4 Å². The fourth-order valence-corrected chi connectivity index (χ4v) is 1.72. The number of aryl methyl sites for hydroxylation is 1. The van der Waals surface area contributed by atoms with Crippen molar-refractivity contribution in [3.05, 3.63) is 52.9 Å². The Morgan fingerprint density at radius 1 is 1.24 bits per heavy atom. The second-order valence-corrected chi connectivity index (χ2v) is 4.40. The first-order valence-corrected chi connectivity index (χ1v) is 5.83. The molecule has 0 saturated heterocycles. The van der Waals surface area contributed by atoms with Gasteiger partial charge < -0.3 is 5.32 Å². The fraction of sp³-hybridized carbons (Fsp3) is 0.231. The maximum absolute atomic E-state index is 5.99. The van der Waals surface area contributed by atoms with Crippen LogP contribution in [0.3, 0.4) is 0 Å². The first kappa shape index (κ1) is 11.9. The third-order valence-corrected chi connectivity index (χ3v) is 2.87. The normalized spacial score (nSPS) is 12.2. The van der Waals surface area contributed by atoms with Gasteiger partial charge in [-0.1, -0.05) is 41.4 Å². The number of nitrogens with one attached hydrogen (secondary N) is 1. The van der Waals surface area contributed by atoms with E-state index >= 15 is 0 Å². The van der Waals surface area contributed by atoms with Gasteiger partial charge in [0.15, 0.2) is 0 Å². The molecule has 0 radical (unpaired) electrons. The van der Waals surface area contributed by atoms with Gasteiger partial charge in [0.1, 0.15) is 17.2 Å². The second kappa shape index (κ2) is 5.15. The molecule has 4 heteroatoms. The fourth-order valence-electron chi connectivity index (χ4n) is 1.56. The quantitative estimate of drug-likeness (QED) is 0.900. The monoisotopic (exact) mass is 247 g/mol. The number of hydrogen-bond acceptors (Lipinski definition) is 3. The molecule has 1 aromatic carbocycles. The highest BCUT2D eigenvalue weighted by Gasteiger charge is 2.08. The highest BCUT2D eigenvalue weighted by Crippen LogP contribution is 2.22. The molecule has 0 aliphatic carbocycles. The number of aromatic nitrogens is 2. The predicted octanol–water partition coefficient (Wildman–Crippen LogP) is 3.61. The molecule has 0 saturated carbocycles. The zero-order valence-corrected chi connectivity index (χ0v) is 10.6. The van der Waals surface area contributed by atoms with Gasteiger partial charge in [-0.15, -0.1) is 0 Å². The van der Waals surface area contributed by atoms with Crippen LogP contribution in [0.4, 0.5) is 5.82 Å². The molecule has 88 valence electrons. The smallest absolute Gasteiger partial charge is 0.148 e. The lowest BCUT2D eigenvalue weighted by Gasteiger charge is -2.15. The van der Waals surface area contributed by atoms with E-state index in [1.54, 1.807) is 6.20 Å². The third kappa shape index (κ3) is 2.94. The van der Waals surface area contributed by atoms with Gasteiger partial charge in [0.25, 0.3) is 0 Å². The van der Waals surface area contributed by atoms with E-state index in [2.05, 4.69) is 53.4 Å². The van der Waals surface area contributed by atoms with E-state index in [1.165, 1.54) is 17.5 Å². The van der Waals surface area contributed by atoms with Crippen LogP contribution in [0, 0.1) is 6.92 Å². The SMILES string of the molecule is Cc1ccc(C(C)Nc2ncncc2Cl)cc1. The summed E-state index contributed by atoms with van der Waals surface area (Å²) in [5, 5.41) is 3.80. The summed E-state index contributed by atoms with van der Waals surface area (Å²) in [4.78, 5) is 7.96. The van der Waals surface area contributed by atoms with Gasteiger partial charge in [0, 0.05) is 6.04 Å². The van der Waals surface area contributed by atoms with Crippen LogP contribution in [0.15, 0.2) is 36.8 Å². The molecule has 2 rings (SSSR count). The number of rotatable bonds is 3. The van der Waals surface area contributed by atoms with E-state index in [0.717, 1.165) is 0 Å². The molecule has 1 atom stereocenters. The molecule has 1 heterocycles. The Hall–Kier alpha value is -1.61. The minimum atomic E-state index is 0.156. The highest BCUT2D eigenvalue weighted by atomic mass is 35.5. The van der Waals surface area contributed by atoms with E-state index in [1.807, 2.05) is 0 Å². The highest BCUT2D eigenvalue weighted by molar-refractivity contribution is 6.32. The van der Waals surface area contributed by atoms with Crippen LogP contribution >= 0.6 is 11.6 Å². The Balaban J connectivity index is 2.14. The van der Waals surface area contributed by atoms with Crippen molar-refractivity contribution < 1.29 is 0 Å². The van der Waals surface area contributed by atoms with Crippen LogP contribution in [-0.2, 0) is 0 Å². The minimum Gasteiger partial charge on any atom is -0.362 e. The molecule has 0 fully saturated rings. The summed E-state index contributed by atoms with van der Waals surface area (Å²) >= 11 is 5.99. The molecular formula is C13H14ClN3. The Morgan fingerprint density at radius 2 is 1.94 bits per heavy atom. The summed E-state index contributed by atoms with van der Waals surface area (Å²) < 4.78 is 0. The van der Waals surface area contributed by atoms with Crippen molar-refractivity contribution in [3.63, 3.8) is 0 Å². The molecule has 17 heavy (non-hydrogen) atoms. The third-order valence-electron chi connectivity index (χ3n) is 2.60. The summed E-state index contributed by atoms with van der Waals surface area (Å²) in [6.07, 6.45) is 3.06. The lowest BCUT2D eigenvalue weighted by atomic mass is 10.1. The van der Waals surface area contributed by atoms with Crippen LogP contribution in [0.25, 0.3) is 0 Å². The zero-order chi connectivity index (χ0) is 12.3. The van der Waals surface area contributed by atoms with Crippen LogP contribution in [0.2, 0.25) is 5.02 Å². The van der Waals surface area contributed by atoms with Crippen molar-refractivity contribution in [1.82, 2.24) is 9.97 Å². The topological polar surface area (TPSA) is 37.8 Å². The van der Waals surface area contributed by atoms with Crippen LogP contribution in [0.1, 0.15) is 24.1 Å². The van der Waals surface area contributed by atoms with Crippen molar-refractivity contribution in [2.45, 2.75) is 19.9 Å². The maximum Gasteiger partial charge on any atom is 0.148 e. The van der Waals surface area contributed by atoms with Gasteiger partial charge in [0.2, 0.25) is 0 Å². The Kier molecular flexibility index (Phi) is 3.59. The van der Waals surface area contributed by atoms with E-state index in [0.29, 0.717) is 10.8 Å². The van der Waals surface area contributed by atoms with E-state index in [-0.39, 0.29) is 6.04 Å². The van der Waals surface area contributed by atoms with Crippen molar-refractivity contribution in [2.75, 3.05) is 5.32 Å². The lowest BCUT2D eigenvalue weighted by Crippen LogP contribution is -2.08. The molecule has 1 N–H and O–H groups in total. The molecule has 0 aliphatic heterocycles. The van der Waals surface area contributed by atoms with Crippen molar-refractivity contribution >= 4 is 17.4 Å². The average Bonchev–Trinajstić information content (AvgIpc) is 2.33. The Bertz CT molecular complexity index is 496. The van der Waals surface area contributed by atoms with E-state index in [4.69, 9.17) is 11.6 Å². The molecule has 1 aromatic heterocycles. The Morgan fingerprint density at radius 3 is 2.59 bits per heavy atom. The van der Waals surface area contributed by atoms with Gasteiger partial charge in [0.05, 0.1) is 6.20 Å². The molecule has 0 aliphatic rings. The first-order valence-electron chi connectivity index (χ1n) is 5.45. The minimum absolute atomic E-state index is 0.156. The number of hydrogen-bond donors (Lipinski definition) is 1. The van der Waals surface area contributed by atoms with Gasteiger partial charge in [-0.3, -0.25) is 0 Å². The largest absolute Gasteiger partial charge is 0.362 e. The summed E-state index contributed by atoms with van der Waals surface area (Å²) in [6, 6.07) is 8.54. The number of benzene rings is 1. The summed E-state index contributed by atoms with van der Waals surface area (Å²) in [5.41, 5.74) is 2.45. The summed E-state index contributed by atoms with van der Waals surface area (Å²) in [7, 11) is 0. The number of anilines is 1. The molecular weight excluding hydrogens is 234 g/mol. The molecule has 2 aromatic rings. The molecule has 0 amide bonds. The second-order valence-electron chi connectivity index (χ2n) is 4.00. The van der Waals surface area contributed by atoms with E-state index < -0.39 is 0 Å². The molecule has 3 nitrogen and oxygen atoms in total. The zero-order valence-electron chi connectivity index (χ0n) is 9.81. The van der Waals surface area contributed by atoms with E-state index in [9.17, 15) is 0 Å². The van der Waals surface area contributed by atoms with Crippen LogP contribution in [-0.4, -0.2) is 9.97 Å². The Labute approximate surface area is 106 Å². The van der Waals surface area contributed by atoms with Gasteiger partial charge >= 0.3 is 0 Å². The summed E-state index contributed by atoms with van der Waals surface area (Å²) in [5.74, 6) is 0.662. The lowest BCUT2D eigenvalue weighted by molar-refractivity contribution is 0.871. The molecule has 1 unspecified atom stereocenters. The van der Waals surface area contributed by atoms with Crippen LogP contribution in [0.5, 0.6) is 0 Å². The molecule has 0 spiro atoms. The first-order chi connectivity index (χ1) is 8.16. The van der Waals surface area contributed by atoms with Gasteiger partial charge in [-0.25, -0.2) is 9.97 Å². The van der Waals surface area contributed by atoms with Crippen molar-refractivity contribution in [2.24, 2.45) is 0 Å². The standard InChI is InChI=1S/C13H14ClN3/c1-9-3-5-11(6-4-9)10(2)17-13-12(14)7-15-8-16-13/h3-8,10H,1-2H3,(H,15,16,17). The molecule has 0 bridgehead atoms. The number of halogens is 1. The van der Waals surface area contributed by atoms with Crippen LogP contribution < -0.4 is 5.32 Å². The maximum atomic E-state index is 5.99. The van der Waals surface area contributed by atoms with Gasteiger partial charge in [-0.2, -0.15) is 0 Å². The summed E-state index contributed by atoms with van der Waals surface area (Å²) in [6.45, 7) is 4.15.